The molecule has 19 heavy (non-hydrogen) atoms. The fraction of sp³-hybridized carbons (Fsp3) is 0.0909. The van der Waals surface area contributed by atoms with Gasteiger partial charge in [0.1, 0.15) is 12.8 Å². The molecule has 0 bridgehead atoms. The number of amides is 1. The van der Waals surface area contributed by atoms with E-state index in [4.69, 9.17) is 4.74 Å². The number of carbonyl (C=O) groups excluding carboxylic acids is 1. The van der Waals surface area contributed by atoms with Gasteiger partial charge in [0.2, 0.25) is 5.82 Å². The van der Waals surface area contributed by atoms with Gasteiger partial charge in [-0.3, -0.25) is 20.5 Å². The molecule has 1 aromatic carbocycles. The maximum Gasteiger partial charge on any atom is 0.413 e. The lowest BCUT2D eigenvalue weighted by atomic mass is 10.2. The van der Waals surface area contributed by atoms with E-state index in [0.29, 0.717) is 0 Å². The standard InChI is InChI=1S/C11H10N4O4/c16-11(19-7-8-4-2-1-3-5-8)13-10-9(15(17)18)6-12-14-10/h1-6H,7H2,(H2,12,13,14,16). The van der Waals surface area contributed by atoms with E-state index in [-0.39, 0.29) is 18.1 Å². The second-order valence-electron chi connectivity index (χ2n) is 3.57. The zero-order valence-corrected chi connectivity index (χ0v) is 9.70. The van der Waals surface area contributed by atoms with Crippen LogP contribution in [0.1, 0.15) is 5.56 Å². The summed E-state index contributed by atoms with van der Waals surface area (Å²) in [5.41, 5.74) is 0.494. The molecule has 0 aliphatic heterocycles. The summed E-state index contributed by atoms with van der Waals surface area (Å²) in [5.74, 6) is -0.108. The smallest absolute Gasteiger partial charge is 0.413 e. The number of rotatable bonds is 4. The maximum atomic E-state index is 11.5. The molecule has 1 amide bonds. The fourth-order valence-corrected chi connectivity index (χ4v) is 1.37. The van der Waals surface area contributed by atoms with Crippen LogP contribution in [-0.2, 0) is 11.3 Å². The Morgan fingerprint density at radius 1 is 1.42 bits per heavy atom. The highest BCUT2D eigenvalue weighted by Crippen LogP contribution is 2.19. The summed E-state index contributed by atoms with van der Waals surface area (Å²) < 4.78 is 4.92. The highest BCUT2D eigenvalue weighted by atomic mass is 16.6. The minimum absolute atomic E-state index is 0.0780. The van der Waals surface area contributed by atoms with Crippen molar-refractivity contribution in [2.24, 2.45) is 0 Å². The Kier molecular flexibility index (Phi) is 3.72. The second kappa shape index (κ2) is 5.63. The van der Waals surface area contributed by atoms with E-state index in [1.807, 2.05) is 18.2 Å². The average Bonchev–Trinajstić information content (AvgIpc) is 2.86. The zero-order chi connectivity index (χ0) is 13.7. The van der Waals surface area contributed by atoms with Crippen molar-refractivity contribution in [2.75, 3.05) is 5.32 Å². The number of nitro groups is 1. The van der Waals surface area contributed by atoms with Crippen LogP contribution in [0.15, 0.2) is 36.5 Å². The zero-order valence-electron chi connectivity index (χ0n) is 9.70. The van der Waals surface area contributed by atoms with Gasteiger partial charge < -0.3 is 4.74 Å². The van der Waals surface area contributed by atoms with E-state index in [0.717, 1.165) is 11.8 Å². The number of anilines is 1. The molecule has 0 radical (unpaired) electrons. The molecule has 2 N–H and O–H groups in total. The molecule has 98 valence electrons. The number of H-pyrrole nitrogens is 1. The van der Waals surface area contributed by atoms with Gasteiger partial charge >= 0.3 is 11.8 Å². The lowest BCUT2D eigenvalue weighted by Gasteiger charge is -2.05. The topological polar surface area (TPSA) is 110 Å². The molecular weight excluding hydrogens is 252 g/mol. The van der Waals surface area contributed by atoms with Gasteiger partial charge in [0.05, 0.1) is 4.92 Å². The monoisotopic (exact) mass is 262 g/mol. The van der Waals surface area contributed by atoms with Crippen molar-refractivity contribution in [3.63, 3.8) is 0 Å². The Labute approximate surface area is 107 Å². The normalized spacial score (nSPS) is 9.89. The number of benzene rings is 1. The average molecular weight is 262 g/mol. The van der Waals surface area contributed by atoms with Gasteiger partial charge in [-0.1, -0.05) is 30.3 Å². The van der Waals surface area contributed by atoms with Crippen LogP contribution in [0.4, 0.5) is 16.3 Å². The van der Waals surface area contributed by atoms with Gasteiger partial charge in [0.15, 0.2) is 0 Å². The molecule has 2 rings (SSSR count). The van der Waals surface area contributed by atoms with Gasteiger partial charge in [-0.05, 0) is 5.56 Å². The summed E-state index contributed by atoms with van der Waals surface area (Å²) in [7, 11) is 0. The number of nitrogens with one attached hydrogen (secondary N) is 2. The van der Waals surface area contributed by atoms with Crippen molar-refractivity contribution in [1.29, 1.82) is 0 Å². The molecule has 8 heteroatoms. The van der Waals surface area contributed by atoms with Crippen LogP contribution in [0.3, 0.4) is 0 Å². The van der Waals surface area contributed by atoms with Crippen molar-refractivity contribution < 1.29 is 14.5 Å². The molecular formula is C11H10N4O4. The van der Waals surface area contributed by atoms with Gasteiger partial charge in [-0.15, -0.1) is 0 Å². The molecule has 0 saturated heterocycles. The number of hydrogen-bond donors (Lipinski definition) is 2. The highest BCUT2D eigenvalue weighted by Gasteiger charge is 2.18. The second-order valence-corrected chi connectivity index (χ2v) is 3.57. The minimum Gasteiger partial charge on any atom is -0.444 e. The first kappa shape index (κ1) is 12.6. The molecule has 0 aliphatic rings. The Balaban J connectivity index is 1.91. The molecule has 8 nitrogen and oxygen atoms in total. The number of hydrogen-bond acceptors (Lipinski definition) is 5. The van der Waals surface area contributed by atoms with Gasteiger partial charge in [-0.2, -0.15) is 5.10 Å². The number of nitrogens with zero attached hydrogens (tertiary/aromatic N) is 2. The van der Waals surface area contributed by atoms with Crippen LogP contribution in [-0.4, -0.2) is 21.2 Å². The molecule has 0 spiro atoms. The van der Waals surface area contributed by atoms with Crippen LogP contribution in [0.2, 0.25) is 0 Å². The number of ether oxygens (including phenoxy) is 1. The summed E-state index contributed by atoms with van der Waals surface area (Å²) in [6.45, 7) is 0.0780. The third kappa shape index (κ3) is 3.28. The molecule has 0 unspecified atom stereocenters. The Morgan fingerprint density at radius 2 is 2.16 bits per heavy atom. The van der Waals surface area contributed by atoms with Gasteiger partial charge in [-0.25, -0.2) is 4.79 Å². The first-order valence-electron chi connectivity index (χ1n) is 5.32. The Hall–Kier alpha value is -2.90. The quantitative estimate of drug-likeness (QED) is 0.647. The van der Waals surface area contributed by atoms with E-state index < -0.39 is 11.0 Å². The van der Waals surface area contributed by atoms with Crippen LogP contribution >= 0.6 is 0 Å². The summed E-state index contributed by atoms with van der Waals surface area (Å²) in [4.78, 5) is 21.4. The number of aromatic nitrogens is 2. The molecule has 0 aliphatic carbocycles. The van der Waals surface area contributed by atoms with Crippen molar-refractivity contribution in [1.82, 2.24) is 10.2 Å². The lowest BCUT2D eigenvalue weighted by Crippen LogP contribution is -2.14. The molecule has 0 saturated carbocycles. The van der Waals surface area contributed by atoms with Crippen molar-refractivity contribution in [3.8, 4) is 0 Å². The fourth-order valence-electron chi connectivity index (χ4n) is 1.37. The van der Waals surface area contributed by atoms with E-state index in [1.54, 1.807) is 12.1 Å². The molecule has 0 fully saturated rings. The van der Waals surface area contributed by atoms with Crippen molar-refractivity contribution in [3.05, 3.63) is 52.2 Å². The Morgan fingerprint density at radius 3 is 2.84 bits per heavy atom. The third-order valence-corrected chi connectivity index (χ3v) is 2.26. The minimum atomic E-state index is -0.795. The lowest BCUT2D eigenvalue weighted by molar-refractivity contribution is -0.383. The van der Waals surface area contributed by atoms with Gasteiger partial charge in [0.25, 0.3) is 0 Å². The molecule has 0 atom stereocenters. The molecule has 2 aromatic rings. The molecule has 1 aromatic heterocycles. The van der Waals surface area contributed by atoms with Crippen LogP contribution < -0.4 is 5.32 Å². The third-order valence-electron chi connectivity index (χ3n) is 2.26. The maximum absolute atomic E-state index is 11.5. The highest BCUT2D eigenvalue weighted by molar-refractivity contribution is 5.85. The molecule has 1 heterocycles. The SMILES string of the molecule is O=C(Nc1[nH]ncc1[N+](=O)[O-])OCc1ccccc1. The van der Waals surface area contributed by atoms with Crippen LogP contribution in [0, 0.1) is 10.1 Å². The van der Waals surface area contributed by atoms with Crippen LogP contribution in [0.5, 0.6) is 0 Å². The summed E-state index contributed by atoms with van der Waals surface area (Å²) in [5, 5.41) is 18.6. The Bertz CT molecular complexity index is 581. The summed E-state index contributed by atoms with van der Waals surface area (Å²) in [6.07, 6.45) is 0.212. The number of carbonyl (C=O) groups is 1. The summed E-state index contributed by atoms with van der Waals surface area (Å²) >= 11 is 0. The van der Waals surface area contributed by atoms with E-state index in [2.05, 4.69) is 15.5 Å². The summed E-state index contributed by atoms with van der Waals surface area (Å²) in [6, 6.07) is 9.07. The van der Waals surface area contributed by atoms with Crippen LogP contribution in [0.25, 0.3) is 0 Å². The van der Waals surface area contributed by atoms with E-state index in [1.165, 1.54) is 0 Å². The predicted molar refractivity (Wildman–Crippen MR) is 65.5 cm³/mol. The predicted octanol–water partition coefficient (Wildman–Crippen LogP) is 2.07. The van der Waals surface area contributed by atoms with E-state index >= 15 is 0 Å². The number of aromatic amines is 1. The van der Waals surface area contributed by atoms with E-state index in [9.17, 15) is 14.9 Å². The van der Waals surface area contributed by atoms with Gasteiger partial charge in [0, 0.05) is 0 Å². The van der Waals surface area contributed by atoms with Crippen molar-refractivity contribution >= 4 is 17.6 Å². The van der Waals surface area contributed by atoms with Crippen molar-refractivity contribution in [2.45, 2.75) is 6.61 Å². The first-order chi connectivity index (χ1) is 9.16. The largest absolute Gasteiger partial charge is 0.444 e. The first-order valence-corrected chi connectivity index (χ1v) is 5.32.